The summed E-state index contributed by atoms with van der Waals surface area (Å²) in [6.45, 7) is 22.5. The highest BCUT2D eigenvalue weighted by Gasteiger charge is 2.06. The molecule has 0 saturated heterocycles. The molecule has 0 spiro atoms. The second kappa shape index (κ2) is 8.42. The Bertz CT molecular complexity index is 504. The molecule has 0 radical (unpaired) electrons. The first kappa shape index (κ1) is 18.2. The van der Waals surface area contributed by atoms with Gasteiger partial charge in [-0.25, -0.2) is 0 Å². The van der Waals surface area contributed by atoms with E-state index < -0.39 is 0 Å². The average Bonchev–Trinajstić information content (AvgIpc) is 2.27. The molecule has 0 amide bonds. The maximum atomic E-state index is 4.08. The lowest BCUT2D eigenvalue weighted by atomic mass is 10.1. The molecule has 0 aliphatic rings. The SMILES string of the molecule is C=C(C)/C=C(C)\C(=C/C)N/C(C(=C)C)=C(\C)C=C(C)C. The molecule has 0 heterocycles. The number of rotatable bonds is 6. The molecule has 20 heavy (non-hydrogen) atoms. The van der Waals surface area contributed by atoms with E-state index in [1.165, 1.54) is 16.7 Å². The van der Waals surface area contributed by atoms with E-state index >= 15 is 0 Å². The van der Waals surface area contributed by atoms with Gasteiger partial charge in [0.15, 0.2) is 0 Å². The van der Waals surface area contributed by atoms with Crippen LogP contribution in [0.5, 0.6) is 0 Å². The third kappa shape index (κ3) is 6.42. The summed E-state index contributed by atoms with van der Waals surface area (Å²) in [5, 5.41) is 3.50. The van der Waals surface area contributed by atoms with Gasteiger partial charge in [0.25, 0.3) is 0 Å². The van der Waals surface area contributed by atoms with Gasteiger partial charge in [0.2, 0.25) is 0 Å². The maximum absolute atomic E-state index is 4.08. The van der Waals surface area contributed by atoms with E-state index in [1.54, 1.807) is 0 Å². The molecule has 0 aromatic heterocycles. The van der Waals surface area contributed by atoms with E-state index in [4.69, 9.17) is 0 Å². The average molecular weight is 271 g/mol. The first-order valence-electron chi connectivity index (χ1n) is 6.98. The summed E-state index contributed by atoms with van der Waals surface area (Å²) in [7, 11) is 0. The number of hydrogen-bond acceptors (Lipinski definition) is 1. The molecule has 0 unspecified atom stereocenters. The van der Waals surface area contributed by atoms with Gasteiger partial charge in [-0.15, -0.1) is 0 Å². The molecule has 0 aliphatic heterocycles. The van der Waals surface area contributed by atoms with Crippen molar-refractivity contribution in [3.05, 3.63) is 70.6 Å². The summed E-state index contributed by atoms with van der Waals surface area (Å²) >= 11 is 0. The van der Waals surface area contributed by atoms with E-state index in [2.05, 4.69) is 64.4 Å². The van der Waals surface area contributed by atoms with Crippen molar-refractivity contribution in [1.29, 1.82) is 0 Å². The zero-order chi connectivity index (χ0) is 15.9. The highest BCUT2D eigenvalue weighted by Crippen LogP contribution is 2.18. The molecule has 0 aromatic carbocycles. The van der Waals surface area contributed by atoms with Gasteiger partial charge in [0.1, 0.15) is 0 Å². The van der Waals surface area contributed by atoms with Crippen LogP contribution in [0.2, 0.25) is 0 Å². The highest BCUT2D eigenvalue weighted by atomic mass is 14.9. The molecular weight excluding hydrogens is 242 g/mol. The molecule has 0 fully saturated rings. The Balaban J connectivity index is 5.55. The summed E-state index contributed by atoms with van der Waals surface area (Å²) in [6, 6.07) is 0. The Hall–Kier alpha value is -1.76. The van der Waals surface area contributed by atoms with Crippen LogP contribution in [-0.2, 0) is 0 Å². The second-order valence-corrected chi connectivity index (χ2v) is 5.56. The minimum absolute atomic E-state index is 1.03. The fraction of sp³-hybridized carbons (Fsp3) is 0.368. The molecule has 110 valence electrons. The van der Waals surface area contributed by atoms with Gasteiger partial charge >= 0.3 is 0 Å². The molecule has 1 N–H and O–H groups in total. The van der Waals surface area contributed by atoms with Gasteiger partial charge in [-0.05, 0) is 65.2 Å². The van der Waals surface area contributed by atoms with Gasteiger partial charge in [0, 0.05) is 11.4 Å². The lowest BCUT2D eigenvalue weighted by molar-refractivity contribution is 0.962. The molecule has 0 atom stereocenters. The minimum Gasteiger partial charge on any atom is -0.355 e. The highest BCUT2D eigenvalue weighted by molar-refractivity contribution is 5.42. The van der Waals surface area contributed by atoms with Crippen molar-refractivity contribution in [2.75, 3.05) is 0 Å². The van der Waals surface area contributed by atoms with Gasteiger partial charge in [0.05, 0.1) is 0 Å². The summed E-state index contributed by atoms with van der Waals surface area (Å²) < 4.78 is 0. The van der Waals surface area contributed by atoms with Gasteiger partial charge in [-0.2, -0.15) is 0 Å². The van der Waals surface area contributed by atoms with Crippen LogP contribution in [0.3, 0.4) is 0 Å². The van der Waals surface area contributed by atoms with E-state index in [0.717, 1.165) is 22.5 Å². The molecule has 0 rings (SSSR count). The van der Waals surface area contributed by atoms with Crippen molar-refractivity contribution < 1.29 is 0 Å². The van der Waals surface area contributed by atoms with Crippen LogP contribution in [-0.4, -0.2) is 0 Å². The normalized spacial score (nSPS) is 13.6. The number of nitrogens with one attached hydrogen (secondary N) is 1. The predicted molar refractivity (Wildman–Crippen MR) is 92.4 cm³/mol. The standard InChI is InChI=1S/C19H29N/c1-10-18(16(8)11-13(2)3)20-19(15(6)7)17(9)12-14(4)5/h10-12,20H,2,6H2,1,3-5,7-9H3/b16-11-,18-10+,19-17+. The molecule has 1 heteroatoms. The second-order valence-electron chi connectivity index (χ2n) is 5.56. The smallest absolute Gasteiger partial charge is 0.0437 e. The topological polar surface area (TPSA) is 12.0 Å². The third-order valence-corrected chi connectivity index (χ3v) is 2.76. The number of hydrogen-bond donors (Lipinski definition) is 1. The van der Waals surface area contributed by atoms with Crippen molar-refractivity contribution in [2.45, 2.75) is 48.5 Å². The molecular formula is C19H29N. The van der Waals surface area contributed by atoms with Crippen molar-refractivity contribution in [3.8, 4) is 0 Å². The lowest BCUT2D eigenvalue weighted by Crippen LogP contribution is -2.16. The van der Waals surface area contributed by atoms with Crippen LogP contribution in [0.25, 0.3) is 0 Å². The molecule has 0 aromatic rings. The summed E-state index contributed by atoms with van der Waals surface area (Å²) in [5.74, 6) is 0. The summed E-state index contributed by atoms with van der Waals surface area (Å²) in [5.41, 5.74) is 7.89. The van der Waals surface area contributed by atoms with Crippen LogP contribution >= 0.6 is 0 Å². The minimum atomic E-state index is 1.03. The van der Waals surface area contributed by atoms with Crippen LogP contribution in [0.15, 0.2) is 70.6 Å². The zero-order valence-electron chi connectivity index (χ0n) is 14.1. The van der Waals surface area contributed by atoms with E-state index in [0.29, 0.717) is 0 Å². The van der Waals surface area contributed by atoms with Crippen LogP contribution in [0.1, 0.15) is 48.5 Å². The first-order chi connectivity index (χ1) is 9.18. The zero-order valence-corrected chi connectivity index (χ0v) is 14.1. The first-order valence-corrected chi connectivity index (χ1v) is 6.98. The quantitative estimate of drug-likeness (QED) is 0.600. The lowest BCUT2D eigenvalue weighted by Gasteiger charge is -2.17. The fourth-order valence-electron chi connectivity index (χ4n) is 2.03. The largest absolute Gasteiger partial charge is 0.355 e. The Labute approximate surface area is 125 Å². The molecule has 0 bridgehead atoms. The van der Waals surface area contributed by atoms with Gasteiger partial charge in [-0.3, -0.25) is 0 Å². The van der Waals surface area contributed by atoms with Crippen LogP contribution in [0.4, 0.5) is 0 Å². The monoisotopic (exact) mass is 271 g/mol. The molecule has 0 aliphatic carbocycles. The number of allylic oxidation sites excluding steroid dienone is 8. The van der Waals surface area contributed by atoms with Crippen molar-refractivity contribution in [1.82, 2.24) is 5.32 Å². The van der Waals surface area contributed by atoms with Crippen molar-refractivity contribution in [2.24, 2.45) is 0 Å². The predicted octanol–water partition coefficient (Wildman–Crippen LogP) is 5.82. The Morgan fingerprint density at radius 1 is 0.900 bits per heavy atom. The Morgan fingerprint density at radius 2 is 1.45 bits per heavy atom. The van der Waals surface area contributed by atoms with Gasteiger partial charge < -0.3 is 5.32 Å². The van der Waals surface area contributed by atoms with Crippen LogP contribution < -0.4 is 5.32 Å². The molecule has 0 saturated carbocycles. The van der Waals surface area contributed by atoms with E-state index in [9.17, 15) is 0 Å². The summed E-state index contributed by atoms with van der Waals surface area (Å²) in [6.07, 6.45) is 6.32. The van der Waals surface area contributed by atoms with E-state index in [1.807, 2.05) is 20.8 Å². The Kier molecular flexibility index (Phi) is 7.68. The van der Waals surface area contributed by atoms with Crippen LogP contribution in [0, 0.1) is 0 Å². The van der Waals surface area contributed by atoms with Crippen molar-refractivity contribution >= 4 is 0 Å². The Morgan fingerprint density at radius 3 is 1.80 bits per heavy atom. The molecule has 1 nitrogen and oxygen atoms in total. The fourth-order valence-corrected chi connectivity index (χ4v) is 2.03. The van der Waals surface area contributed by atoms with Crippen molar-refractivity contribution in [3.63, 3.8) is 0 Å². The van der Waals surface area contributed by atoms with Gasteiger partial charge in [-0.1, -0.05) is 42.5 Å². The maximum Gasteiger partial charge on any atom is 0.0437 e. The van der Waals surface area contributed by atoms with E-state index in [-0.39, 0.29) is 0 Å². The summed E-state index contributed by atoms with van der Waals surface area (Å²) in [4.78, 5) is 0. The third-order valence-electron chi connectivity index (χ3n) is 2.76.